The van der Waals surface area contributed by atoms with E-state index in [9.17, 15) is 14.3 Å². The molecule has 0 aliphatic heterocycles. The van der Waals surface area contributed by atoms with E-state index in [1.54, 1.807) is 0 Å². The molecule has 0 aliphatic rings. The minimum Gasteiger partial charge on any atom is -1.00 e. The number of carbonyl (C=O) groups is 1. The predicted molar refractivity (Wildman–Crippen MR) is 62.5 cm³/mol. The van der Waals surface area contributed by atoms with Crippen LogP contribution in [-0.2, 0) is 14.1 Å². The van der Waals surface area contributed by atoms with Gasteiger partial charge < -0.3 is 11.1 Å². The summed E-state index contributed by atoms with van der Waals surface area (Å²) in [5.41, 5.74) is -1.02. The molecule has 0 fully saturated rings. The molecule has 0 saturated carbocycles. The number of carbonyl (C=O) groups excluding carboxylic acids is 1. The average molecular weight is 272 g/mol. The van der Waals surface area contributed by atoms with Gasteiger partial charge in [0.15, 0.2) is 0 Å². The van der Waals surface area contributed by atoms with E-state index in [-0.39, 0.29) is 31.0 Å². The zero-order chi connectivity index (χ0) is 12.4. The molecule has 2 unspecified atom stereocenters. The van der Waals surface area contributed by atoms with Gasteiger partial charge in [0.1, 0.15) is 0 Å². The summed E-state index contributed by atoms with van der Waals surface area (Å²) < 4.78 is 15.3. The number of ether oxygens (including phenoxy) is 1. The smallest absolute Gasteiger partial charge is 1.00 e. The summed E-state index contributed by atoms with van der Waals surface area (Å²) in [7, 11) is -2.71. The molecule has 2 atom stereocenters. The number of hydrogen-bond acceptors (Lipinski definition) is 4. The van der Waals surface area contributed by atoms with Crippen molar-refractivity contribution < 1.29 is 50.0 Å². The molecule has 17 heavy (non-hydrogen) atoms. The van der Waals surface area contributed by atoms with Crippen LogP contribution in [0.5, 0.6) is 0 Å². The minimum absolute atomic E-state index is 0. The van der Waals surface area contributed by atoms with Crippen molar-refractivity contribution in [2.45, 2.75) is 58.0 Å². The Bertz CT molecular complexity index is 229. The molecule has 96 valence electrons. The van der Waals surface area contributed by atoms with E-state index < -0.39 is 19.7 Å². The van der Waals surface area contributed by atoms with E-state index in [1.807, 2.05) is 0 Å². The van der Waals surface area contributed by atoms with E-state index in [0.717, 1.165) is 19.3 Å². The molecule has 0 aromatic heterocycles. The molecular weight excluding hydrogens is 250 g/mol. The van der Waals surface area contributed by atoms with Gasteiger partial charge in [-0.25, -0.2) is 4.79 Å². The van der Waals surface area contributed by atoms with Gasteiger partial charge in [0, 0.05) is 0 Å². The second kappa shape index (κ2) is 13.0. The van der Waals surface area contributed by atoms with Gasteiger partial charge in [-0.3, -0.25) is 0 Å². The summed E-state index contributed by atoms with van der Waals surface area (Å²) in [6.45, 7) is 3.83. The third-order valence-electron chi connectivity index (χ3n) is 2.40. The largest absolute Gasteiger partial charge is 1.00 e. The summed E-state index contributed by atoms with van der Waals surface area (Å²) in [5, 5.41) is 0. The van der Waals surface area contributed by atoms with Crippen molar-refractivity contribution in [3.8, 4) is 0 Å². The zero-order valence-corrected chi connectivity index (χ0v) is 14.0. The Labute approximate surface area is 128 Å². The van der Waals surface area contributed by atoms with Crippen LogP contribution in [0.15, 0.2) is 0 Å². The van der Waals surface area contributed by atoms with Crippen molar-refractivity contribution in [3.05, 3.63) is 0 Å². The van der Waals surface area contributed by atoms with Crippen molar-refractivity contribution in [1.82, 2.24) is 0 Å². The van der Waals surface area contributed by atoms with Crippen LogP contribution in [0.2, 0.25) is 0 Å². The first-order valence-electron chi connectivity index (χ1n) is 5.89. The van der Waals surface area contributed by atoms with Crippen LogP contribution < -0.4 is 34.5 Å². The van der Waals surface area contributed by atoms with Gasteiger partial charge in [0.05, 0.1) is 6.61 Å². The Morgan fingerprint density at radius 2 is 1.82 bits per heavy atom. The maximum Gasteiger partial charge on any atom is 1.00 e. The summed E-state index contributed by atoms with van der Waals surface area (Å²) >= 11 is 0. The van der Waals surface area contributed by atoms with Crippen LogP contribution in [0.4, 0.5) is 0 Å². The maximum absolute atomic E-state index is 11.1. The Morgan fingerprint density at radius 1 is 1.29 bits per heavy atom. The molecule has 0 aromatic carbocycles. The molecule has 0 aromatic rings. The van der Waals surface area contributed by atoms with Crippen LogP contribution in [0.25, 0.3) is 0 Å². The van der Waals surface area contributed by atoms with Crippen LogP contribution in [-0.4, -0.2) is 18.2 Å². The Kier molecular flexibility index (Phi) is 15.2. The van der Waals surface area contributed by atoms with Gasteiger partial charge in [-0.1, -0.05) is 43.6 Å². The fourth-order valence-electron chi connectivity index (χ4n) is 1.26. The van der Waals surface area contributed by atoms with Gasteiger partial charge in [-0.05, 0) is 13.3 Å². The van der Waals surface area contributed by atoms with Crippen molar-refractivity contribution in [1.29, 1.82) is 0 Å². The molecule has 0 bridgehead atoms. The monoisotopic (exact) mass is 272 g/mol. The number of hydrogen-bond donors (Lipinski definition) is 0. The predicted octanol–water partition coefficient (Wildman–Crippen LogP) is -0.502. The standard InChI is InChI=1S/C11H21O4P.Na.H/c1-3-4-5-6-7-8-9-15-11(12)10(2)16(13)14;;/h10H,3-9H2,1-2H3;;/q;+1;-1. The molecule has 0 saturated heterocycles. The van der Waals surface area contributed by atoms with Crippen molar-refractivity contribution in [3.63, 3.8) is 0 Å². The van der Waals surface area contributed by atoms with Gasteiger partial charge in [0.2, 0.25) is 5.66 Å². The second-order valence-electron chi connectivity index (χ2n) is 3.90. The molecular formula is C11H22NaO4P. The first-order chi connectivity index (χ1) is 7.59. The number of rotatable bonds is 9. The Morgan fingerprint density at radius 3 is 2.35 bits per heavy atom. The van der Waals surface area contributed by atoms with Crippen molar-refractivity contribution in [2.24, 2.45) is 0 Å². The molecule has 0 rings (SSSR count). The summed E-state index contributed by atoms with van der Waals surface area (Å²) in [6.07, 6.45) is 6.67. The van der Waals surface area contributed by atoms with E-state index in [0.29, 0.717) is 6.61 Å². The Hall–Kier alpha value is 0.530. The molecule has 6 heteroatoms. The summed E-state index contributed by atoms with van der Waals surface area (Å²) in [6, 6.07) is 0. The SMILES string of the molecule is CCCCCCCCOC(=O)C(C)[P+](=O)[O-].[H-].[Na+]. The van der Waals surface area contributed by atoms with E-state index in [1.165, 1.54) is 26.2 Å². The fourth-order valence-corrected chi connectivity index (χ4v) is 1.51. The topological polar surface area (TPSA) is 66.4 Å². The van der Waals surface area contributed by atoms with Gasteiger partial charge >= 0.3 is 43.6 Å². The third-order valence-corrected chi connectivity index (χ3v) is 3.24. The van der Waals surface area contributed by atoms with Crippen LogP contribution in [0.3, 0.4) is 0 Å². The molecule has 0 spiro atoms. The molecule has 0 aliphatic carbocycles. The molecule has 0 N–H and O–H groups in total. The number of esters is 1. The van der Waals surface area contributed by atoms with Crippen LogP contribution >= 0.6 is 8.03 Å². The normalized spacial score (nSPS) is 12.5. The first-order valence-corrected chi connectivity index (χ1v) is 7.14. The van der Waals surface area contributed by atoms with Crippen molar-refractivity contribution >= 4 is 14.0 Å². The summed E-state index contributed by atoms with van der Waals surface area (Å²) in [5.74, 6) is -0.635. The molecule has 0 heterocycles. The fraction of sp³-hybridized carbons (Fsp3) is 0.909. The molecule has 0 radical (unpaired) electrons. The zero-order valence-electron chi connectivity index (χ0n) is 12.1. The van der Waals surface area contributed by atoms with E-state index in [2.05, 4.69) is 6.92 Å². The minimum atomic E-state index is -2.71. The number of unbranched alkanes of at least 4 members (excludes halogenated alkanes) is 5. The average Bonchev–Trinajstić information content (AvgIpc) is 2.26. The maximum atomic E-state index is 11.1. The van der Waals surface area contributed by atoms with Gasteiger partial charge in [-0.15, -0.1) is 0 Å². The van der Waals surface area contributed by atoms with Crippen molar-refractivity contribution in [2.75, 3.05) is 6.61 Å². The molecule has 0 amide bonds. The van der Waals surface area contributed by atoms with E-state index >= 15 is 0 Å². The third kappa shape index (κ3) is 11.4. The van der Waals surface area contributed by atoms with Gasteiger partial charge in [-0.2, -0.15) is 0 Å². The molecule has 4 nitrogen and oxygen atoms in total. The van der Waals surface area contributed by atoms with E-state index in [4.69, 9.17) is 4.74 Å². The van der Waals surface area contributed by atoms with Crippen LogP contribution in [0, 0.1) is 0 Å². The van der Waals surface area contributed by atoms with Crippen LogP contribution in [0.1, 0.15) is 53.8 Å². The van der Waals surface area contributed by atoms with Gasteiger partial charge in [0.25, 0.3) is 0 Å². The Balaban J connectivity index is -0.00000112. The summed E-state index contributed by atoms with van der Waals surface area (Å²) in [4.78, 5) is 21.6. The quantitative estimate of drug-likeness (QED) is 0.245. The first kappa shape index (κ1) is 19.9. The second-order valence-corrected chi connectivity index (χ2v) is 5.24.